The molecule has 2 aromatic carbocycles. The minimum atomic E-state index is -1.04. The Hall–Kier alpha value is -2.33. The lowest BCUT2D eigenvalue weighted by atomic mass is 10.2. The standard InChI is InChI=1S/C16H13ClO4/c17-14-9-5-4-8-13(14)11-21-16(19)15(18)20-10-12-6-2-1-3-7-12/h1-9H,10-11H2. The molecule has 0 radical (unpaired) electrons. The molecule has 0 bridgehead atoms. The van der Waals surface area contributed by atoms with Gasteiger partial charge in [-0.3, -0.25) is 0 Å². The summed E-state index contributed by atoms with van der Waals surface area (Å²) in [5, 5.41) is 0.475. The number of rotatable bonds is 4. The van der Waals surface area contributed by atoms with Crippen molar-refractivity contribution < 1.29 is 19.1 Å². The van der Waals surface area contributed by atoms with Crippen molar-refractivity contribution in [1.82, 2.24) is 0 Å². The zero-order valence-electron chi connectivity index (χ0n) is 11.1. The molecule has 108 valence electrons. The number of carbonyl (C=O) groups is 2. The van der Waals surface area contributed by atoms with E-state index in [2.05, 4.69) is 0 Å². The lowest BCUT2D eigenvalue weighted by Gasteiger charge is -2.06. The number of esters is 2. The quantitative estimate of drug-likeness (QED) is 0.643. The van der Waals surface area contributed by atoms with Crippen LogP contribution in [0.3, 0.4) is 0 Å². The molecular formula is C16H13ClO4. The zero-order chi connectivity index (χ0) is 15.1. The molecule has 0 aliphatic heterocycles. The molecule has 0 aromatic heterocycles. The van der Waals surface area contributed by atoms with E-state index in [1.54, 1.807) is 36.4 Å². The Morgan fingerprint density at radius 3 is 2.05 bits per heavy atom. The van der Waals surface area contributed by atoms with E-state index in [4.69, 9.17) is 21.1 Å². The summed E-state index contributed by atoms with van der Waals surface area (Å²) in [4.78, 5) is 23.0. The van der Waals surface area contributed by atoms with Crippen molar-refractivity contribution in [3.8, 4) is 0 Å². The predicted octanol–water partition coefficient (Wildman–Crippen LogP) is 3.13. The molecule has 5 heteroatoms. The Morgan fingerprint density at radius 1 is 0.810 bits per heavy atom. The van der Waals surface area contributed by atoms with Crippen molar-refractivity contribution in [2.45, 2.75) is 13.2 Å². The first-order chi connectivity index (χ1) is 10.2. The summed E-state index contributed by atoms with van der Waals surface area (Å²) in [6.07, 6.45) is 0. The van der Waals surface area contributed by atoms with E-state index in [-0.39, 0.29) is 13.2 Å². The van der Waals surface area contributed by atoms with Gasteiger partial charge in [0.15, 0.2) is 0 Å². The van der Waals surface area contributed by atoms with Gasteiger partial charge >= 0.3 is 11.9 Å². The van der Waals surface area contributed by atoms with E-state index >= 15 is 0 Å². The summed E-state index contributed by atoms with van der Waals surface area (Å²) < 4.78 is 9.72. The summed E-state index contributed by atoms with van der Waals surface area (Å²) in [5.41, 5.74) is 1.42. The molecular weight excluding hydrogens is 292 g/mol. The van der Waals surface area contributed by atoms with Crippen molar-refractivity contribution in [2.24, 2.45) is 0 Å². The van der Waals surface area contributed by atoms with Gasteiger partial charge in [-0.15, -0.1) is 0 Å². The third kappa shape index (κ3) is 4.61. The highest BCUT2D eigenvalue weighted by Crippen LogP contribution is 2.15. The Labute approximate surface area is 127 Å². The van der Waals surface area contributed by atoms with Crippen LogP contribution in [0, 0.1) is 0 Å². The summed E-state index contributed by atoms with van der Waals surface area (Å²) in [6, 6.07) is 16.0. The maximum Gasteiger partial charge on any atom is 0.417 e. The third-order valence-electron chi connectivity index (χ3n) is 2.70. The maximum absolute atomic E-state index is 11.5. The molecule has 2 rings (SSSR count). The fourth-order valence-corrected chi connectivity index (χ4v) is 1.79. The number of benzene rings is 2. The Morgan fingerprint density at radius 2 is 1.38 bits per heavy atom. The first-order valence-electron chi connectivity index (χ1n) is 6.28. The number of hydrogen-bond donors (Lipinski definition) is 0. The molecule has 0 spiro atoms. The lowest BCUT2D eigenvalue weighted by Crippen LogP contribution is -2.20. The summed E-state index contributed by atoms with van der Waals surface area (Å²) in [5.74, 6) is -2.06. The minimum Gasteiger partial charge on any atom is -0.452 e. The van der Waals surface area contributed by atoms with Gasteiger partial charge in [-0.05, 0) is 11.6 Å². The number of carbonyl (C=O) groups excluding carboxylic acids is 2. The number of halogens is 1. The van der Waals surface area contributed by atoms with Crippen LogP contribution < -0.4 is 0 Å². The van der Waals surface area contributed by atoms with Crippen LogP contribution in [0.5, 0.6) is 0 Å². The second-order valence-corrected chi connectivity index (χ2v) is 4.64. The summed E-state index contributed by atoms with van der Waals surface area (Å²) >= 11 is 5.92. The van der Waals surface area contributed by atoms with Gasteiger partial charge in [-0.2, -0.15) is 0 Å². The fraction of sp³-hybridized carbons (Fsp3) is 0.125. The number of hydrogen-bond acceptors (Lipinski definition) is 4. The Balaban J connectivity index is 1.80. The van der Waals surface area contributed by atoms with Gasteiger partial charge < -0.3 is 9.47 Å². The van der Waals surface area contributed by atoms with E-state index in [1.807, 2.05) is 18.2 Å². The van der Waals surface area contributed by atoms with E-state index in [0.717, 1.165) is 5.56 Å². The van der Waals surface area contributed by atoms with E-state index in [0.29, 0.717) is 10.6 Å². The topological polar surface area (TPSA) is 52.6 Å². The van der Waals surface area contributed by atoms with E-state index < -0.39 is 11.9 Å². The van der Waals surface area contributed by atoms with E-state index in [9.17, 15) is 9.59 Å². The van der Waals surface area contributed by atoms with Crippen molar-refractivity contribution in [3.05, 3.63) is 70.7 Å². The van der Waals surface area contributed by atoms with Crippen LogP contribution in [-0.4, -0.2) is 11.9 Å². The smallest absolute Gasteiger partial charge is 0.417 e. The SMILES string of the molecule is O=C(OCc1ccccc1)C(=O)OCc1ccccc1Cl. The average molecular weight is 305 g/mol. The van der Waals surface area contributed by atoms with Gasteiger partial charge in [-0.25, -0.2) is 9.59 Å². The monoisotopic (exact) mass is 304 g/mol. The highest BCUT2D eigenvalue weighted by Gasteiger charge is 2.17. The zero-order valence-corrected chi connectivity index (χ0v) is 11.9. The molecule has 0 atom stereocenters. The Kier molecular flexibility index (Phi) is 5.35. The molecule has 0 saturated heterocycles. The van der Waals surface area contributed by atoms with E-state index in [1.165, 1.54) is 0 Å². The summed E-state index contributed by atoms with van der Waals surface area (Å²) in [6.45, 7) is -0.0419. The van der Waals surface area contributed by atoms with Crippen LogP contribution in [0.4, 0.5) is 0 Å². The molecule has 0 fully saturated rings. The molecule has 2 aromatic rings. The Bertz CT molecular complexity index is 625. The van der Waals surface area contributed by atoms with Crippen LogP contribution in [0.2, 0.25) is 5.02 Å². The minimum absolute atomic E-state index is 0.0286. The second-order valence-electron chi connectivity index (χ2n) is 4.23. The van der Waals surface area contributed by atoms with Gasteiger partial charge in [0.2, 0.25) is 0 Å². The second kappa shape index (κ2) is 7.45. The molecule has 0 unspecified atom stereocenters. The molecule has 0 saturated carbocycles. The first-order valence-corrected chi connectivity index (χ1v) is 6.66. The van der Waals surface area contributed by atoms with Crippen molar-refractivity contribution >= 4 is 23.5 Å². The molecule has 0 heterocycles. The highest BCUT2D eigenvalue weighted by molar-refractivity contribution is 6.31. The van der Waals surface area contributed by atoms with Gasteiger partial charge in [0.05, 0.1) is 0 Å². The van der Waals surface area contributed by atoms with Crippen LogP contribution in [0.15, 0.2) is 54.6 Å². The van der Waals surface area contributed by atoms with Crippen molar-refractivity contribution in [3.63, 3.8) is 0 Å². The molecule has 0 aliphatic carbocycles. The van der Waals surface area contributed by atoms with Gasteiger partial charge in [0.1, 0.15) is 13.2 Å². The third-order valence-corrected chi connectivity index (χ3v) is 3.06. The number of ether oxygens (including phenoxy) is 2. The lowest BCUT2D eigenvalue weighted by molar-refractivity contribution is -0.169. The van der Waals surface area contributed by atoms with Crippen LogP contribution in [0.1, 0.15) is 11.1 Å². The molecule has 21 heavy (non-hydrogen) atoms. The highest BCUT2D eigenvalue weighted by atomic mass is 35.5. The van der Waals surface area contributed by atoms with Gasteiger partial charge in [0.25, 0.3) is 0 Å². The normalized spacial score (nSPS) is 9.95. The molecule has 0 aliphatic rings. The molecule has 0 amide bonds. The molecule has 0 N–H and O–H groups in total. The fourth-order valence-electron chi connectivity index (χ4n) is 1.60. The van der Waals surface area contributed by atoms with Crippen LogP contribution >= 0.6 is 11.6 Å². The summed E-state index contributed by atoms with van der Waals surface area (Å²) in [7, 11) is 0. The predicted molar refractivity (Wildman–Crippen MR) is 77.5 cm³/mol. The average Bonchev–Trinajstić information content (AvgIpc) is 2.52. The first kappa shape index (κ1) is 15.1. The van der Waals surface area contributed by atoms with Gasteiger partial charge in [0, 0.05) is 10.6 Å². The van der Waals surface area contributed by atoms with Crippen molar-refractivity contribution in [1.29, 1.82) is 0 Å². The maximum atomic E-state index is 11.5. The van der Waals surface area contributed by atoms with Crippen LogP contribution in [0.25, 0.3) is 0 Å². The van der Waals surface area contributed by atoms with Gasteiger partial charge in [-0.1, -0.05) is 60.1 Å². The largest absolute Gasteiger partial charge is 0.452 e. The van der Waals surface area contributed by atoms with Crippen LogP contribution in [-0.2, 0) is 32.3 Å². The van der Waals surface area contributed by atoms with Crippen molar-refractivity contribution in [2.75, 3.05) is 0 Å². The molecule has 4 nitrogen and oxygen atoms in total.